The first-order valence-electron chi connectivity index (χ1n) is 5.92. The van der Waals surface area contributed by atoms with E-state index in [-0.39, 0.29) is 8.80 Å². The third-order valence-corrected chi connectivity index (χ3v) is 7.66. The van der Waals surface area contributed by atoms with Crippen LogP contribution >= 0.6 is 15.9 Å². The van der Waals surface area contributed by atoms with E-state index in [0.29, 0.717) is 0 Å². The van der Waals surface area contributed by atoms with Crippen molar-refractivity contribution in [2.75, 3.05) is 5.33 Å². The largest absolute Gasteiger partial charge is 0.0928 e. The Kier molecular flexibility index (Phi) is 6.38. The van der Waals surface area contributed by atoms with E-state index < -0.39 is 0 Å². The molecule has 1 fully saturated rings. The molecule has 0 unspecified atom stereocenters. The summed E-state index contributed by atoms with van der Waals surface area (Å²) in [5, 5.41) is 1.21. The zero-order valence-electron chi connectivity index (χ0n) is 8.90. The van der Waals surface area contributed by atoms with E-state index in [2.05, 4.69) is 22.9 Å². The van der Waals surface area contributed by atoms with Crippen LogP contribution in [0.15, 0.2) is 0 Å². The van der Waals surface area contributed by atoms with Crippen molar-refractivity contribution in [1.82, 2.24) is 0 Å². The van der Waals surface area contributed by atoms with E-state index >= 15 is 0 Å². The summed E-state index contributed by atoms with van der Waals surface area (Å²) in [6.45, 7) is 2.35. The standard InChI is InChI=1S/C11H23BrSi/c1-2-8-13-9-5-11(6-10-13)4-3-7-12/h11,13H,2-10H2,1H3/t11-,13-. The molecule has 0 nitrogen and oxygen atoms in total. The third kappa shape index (κ3) is 4.64. The van der Waals surface area contributed by atoms with Crippen molar-refractivity contribution in [3.63, 3.8) is 0 Å². The maximum Gasteiger partial charge on any atom is 0.0367 e. The zero-order chi connectivity index (χ0) is 9.52. The first-order valence-corrected chi connectivity index (χ1v) is 9.49. The highest BCUT2D eigenvalue weighted by atomic mass is 79.9. The molecule has 1 heterocycles. The van der Waals surface area contributed by atoms with Crippen molar-refractivity contribution in [2.24, 2.45) is 5.92 Å². The Morgan fingerprint density at radius 1 is 1.31 bits per heavy atom. The molecular formula is C11H23BrSi. The lowest BCUT2D eigenvalue weighted by Crippen LogP contribution is -2.20. The van der Waals surface area contributed by atoms with Gasteiger partial charge >= 0.3 is 0 Å². The quantitative estimate of drug-likeness (QED) is 0.515. The number of alkyl halides is 1. The van der Waals surface area contributed by atoms with E-state index in [4.69, 9.17) is 0 Å². The molecule has 0 aromatic rings. The van der Waals surface area contributed by atoms with E-state index in [1.54, 1.807) is 31.0 Å². The van der Waals surface area contributed by atoms with Gasteiger partial charge in [0.2, 0.25) is 0 Å². The molecule has 0 atom stereocenters. The second-order valence-electron chi connectivity index (χ2n) is 4.51. The molecule has 0 aromatic carbocycles. The van der Waals surface area contributed by atoms with Crippen LogP contribution in [0.4, 0.5) is 0 Å². The van der Waals surface area contributed by atoms with Gasteiger partial charge in [0.15, 0.2) is 0 Å². The van der Waals surface area contributed by atoms with Gasteiger partial charge in [-0.15, -0.1) is 0 Å². The summed E-state index contributed by atoms with van der Waals surface area (Å²) in [6, 6.07) is 4.92. The average Bonchev–Trinajstić information content (AvgIpc) is 2.17. The minimum absolute atomic E-state index is 0.210. The summed E-state index contributed by atoms with van der Waals surface area (Å²) < 4.78 is 0. The van der Waals surface area contributed by atoms with E-state index in [0.717, 1.165) is 5.92 Å². The molecule has 0 N–H and O–H groups in total. The van der Waals surface area contributed by atoms with Crippen LogP contribution in [-0.2, 0) is 0 Å². The van der Waals surface area contributed by atoms with Crippen LogP contribution in [0.3, 0.4) is 0 Å². The van der Waals surface area contributed by atoms with Gasteiger partial charge in [-0.2, -0.15) is 0 Å². The SMILES string of the molecule is CCC[Si@H]1CC[C@H](CCCBr)CC1. The molecule has 1 aliphatic rings. The highest BCUT2D eigenvalue weighted by Crippen LogP contribution is 2.30. The Morgan fingerprint density at radius 3 is 2.54 bits per heavy atom. The lowest BCUT2D eigenvalue weighted by molar-refractivity contribution is 0.434. The van der Waals surface area contributed by atoms with Crippen molar-refractivity contribution in [2.45, 2.75) is 57.2 Å². The molecule has 2 heteroatoms. The van der Waals surface area contributed by atoms with Gasteiger partial charge in [-0.25, -0.2) is 0 Å². The van der Waals surface area contributed by atoms with Gasteiger partial charge < -0.3 is 0 Å². The molecular weight excluding hydrogens is 240 g/mol. The topological polar surface area (TPSA) is 0 Å². The van der Waals surface area contributed by atoms with Crippen LogP contribution < -0.4 is 0 Å². The van der Waals surface area contributed by atoms with Crippen LogP contribution in [0.1, 0.15) is 39.0 Å². The Labute approximate surface area is 93.2 Å². The molecule has 0 bridgehead atoms. The van der Waals surface area contributed by atoms with Crippen LogP contribution in [0.5, 0.6) is 0 Å². The number of hydrogen-bond acceptors (Lipinski definition) is 0. The summed E-state index contributed by atoms with van der Waals surface area (Å²) in [4.78, 5) is 0. The third-order valence-electron chi connectivity index (χ3n) is 3.41. The van der Waals surface area contributed by atoms with Gasteiger partial charge in [0.05, 0.1) is 0 Å². The molecule has 1 saturated heterocycles. The average molecular weight is 263 g/mol. The zero-order valence-corrected chi connectivity index (χ0v) is 11.6. The fourth-order valence-electron chi connectivity index (χ4n) is 2.58. The highest BCUT2D eigenvalue weighted by Gasteiger charge is 2.20. The summed E-state index contributed by atoms with van der Waals surface area (Å²) in [5.74, 6) is 1.10. The Morgan fingerprint density at radius 2 is 2.00 bits per heavy atom. The molecule has 1 aliphatic heterocycles. The summed E-state index contributed by atoms with van der Waals surface area (Å²) in [7, 11) is -0.210. The Bertz CT molecular complexity index is 119. The molecule has 0 radical (unpaired) electrons. The predicted octanol–water partition coefficient (Wildman–Crippen LogP) is 4.21. The first-order chi connectivity index (χ1) is 6.36. The van der Waals surface area contributed by atoms with Gasteiger partial charge in [-0.05, 0) is 18.8 Å². The number of halogens is 1. The molecule has 78 valence electrons. The van der Waals surface area contributed by atoms with Crippen molar-refractivity contribution < 1.29 is 0 Å². The van der Waals surface area contributed by atoms with Crippen molar-refractivity contribution in [3.05, 3.63) is 0 Å². The van der Waals surface area contributed by atoms with Crippen LogP contribution in [0.2, 0.25) is 18.1 Å². The predicted molar refractivity (Wildman–Crippen MR) is 67.6 cm³/mol. The molecule has 1 rings (SSSR count). The van der Waals surface area contributed by atoms with Gasteiger partial charge in [0.25, 0.3) is 0 Å². The van der Waals surface area contributed by atoms with E-state index in [9.17, 15) is 0 Å². The number of rotatable bonds is 5. The molecule has 0 amide bonds. The van der Waals surface area contributed by atoms with Gasteiger partial charge in [0.1, 0.15) is 0 Å². The second kappa shape index (κ2) is 7.05. The minimum Gasteiger partial charge on any atom is -0.0928 e. The van der Waals surface area contributed by atoms with Gasteiger partial charge in [0, 0.05) is 14.1 Å². The van der Waals surface area contributed by atoms with E-state index in [1.165, 1.54) is 24.6 Å². The van der Waals surface area contributed by atoms with Gasteiger partial charge in [-0.3, -0.25) is 0 Å². The highest BCUT2D eigenvalue weighted by molar-refractivity contribution is 9.09. The lowest BCUT2D eigenvalue weighted by Gasteiger charge is -2.27. The van der Waals surface area contributed by atoms with Crippen molar-refractivity contribution in [1.29, 1.82) is 0 Å². The fourth-order valence-corrected chi connectivity index (χ4v) is 6.47. The fraction of sp³-hybridized carbons (Fsp3) is 1.00. The second-order valence-corrected chi connectivity index (χ2v) is 8.76. The Hall–Kier alpha value is 0.697. The van der Waals surface area contributed by atoms with Gasteiger partial charge in [-0.1, -0.05) is 60.2 Å². The minimum atomic E-state index is -0.210. The summed E-state index contributed by atoms with van der Waals surface area (Å²) in [6.07, 6.45) is 7.47. The normalized spacial score (nSPS) is 29.1. The first kappa shape index (κ1) is 11.8. The summed E-state index contributed by atoms with van der Waals surface area (Å²) >= 11 is 3.52. The number of hydrogen-bond donors (Lipinski definition) is 0. The molecule has 0 aromatic heterocycles. The van der Waals surface area contributed by atoms with E-state index in [1.807, 2.05) is 0 Å². The maximum absolute atomic E-state index is 3.52. The maximum atomic E-state index is 3.52. The molecule has 0 spiro atoms. The molecule has 0 saturated carbocycles. The molecule has 13 heavy (non-hydrogen) atoms. The Balaban J connectivity index is 2.08. The molecule has 0 aliphatic carbocycles. The van der Waals surface area contributed by atoms with Crippen LogP contribution in [0, 0.1) is 5.92 Å². The lowest BCUT2D eigenvalue weighted by atomic mass is 9.97. The smallest absolute Gasteiger partial charge is 0.0367 e. The van der Waals surface area contributed by atoms with Crippen LogP contribution in [-0.4, -0.2) is 14.1 Å². The van der Waals surface area contributed by atoms with Crippen molar-refractivity contribution in [3.8, 4) is 0 Å². The van der Waals surface area contributed by atoms with Crippen molar-refractivity contribution >= 4 is 24.7 Å². The summed E-state index contributed by atoms with van der Waals surface area (Å²) in [5.41, 5.74) is 0. The van der Waals surface area contributed by atoms with Crippen LogP contribution in [0.25, 0.3) is 0 Å². The monoisotopic (exact) mass is 262 g/mol.